The van der Waals surface area contributed by atoms with Crippen molar-refractivity contribution in [2.24, 2.45) is 5.92 Å². The van der Waals surface area contributed by atoms with Crippen LogP contribution in [0.15, 0.2) is 24.3 Å². The molecule has 2 N–H and O–H groups in total. The van der Waals surface area contributed by atoms with E-state index in [0.717, 1.165) is 45.2 Å². The fourth-order valence-electron chi connectivity index (χ4n) is 4.14. The molecule has 2 atom stereocenters. The summed E-state index contributed by atoms with van der Waals surface area (Å²) in [6.45, 7) is 2.02. The molecular weight excluding hydrogens is 264 g/mol. The van der Waals surface area contributed by atoms with Crippen molar-refractivity contribution in [3.05, 3.63) is 29.8 Å². The lowest BCUT2D eigenvalue weighted by atomic mass is 9.84. The predicted molar refractivity (Wildman–Crippen MR) is 83.7 cm³/mol. The Hall–Kier alpha value is -1.55. The van der Waals surface area contributed by atoms with E-state index in [-0.39, 0.29) is 5.92 Å². The first-order chi connectivity index (χ1) is 10.2. The predicted octanol–water partition coefficient (Wildman–Crippen LogP) is 2.28. The lowest BCUT2D eigenvalue weighted by molar-refractivity contribution is -0.146. The van der Waals surface area contributed by atoms with Gasteiger partial charge < -0.3 is 15.3 Å². The summed E-state index contributed by atoms with van der Waals surface area (Å²) >= 11 is 0. The largest absolute Gasteiger partial charge is 0.480 e. The maximum atomic E-state index is 11.7. The number of nitrogens with one attached hydrogen (secondary N) is 1. The number of hydrogen-bond donors (Lipinski definition) is 2. The van der Waals surface area contributed by atoms with Crippen LogP contribution in [0.25, 0.3) is 0 Å². The summed E-state index contributed by atoms with van der Waals surface area (Å²) in [6, 6.07) is 8.55. The van der Waals surface area contributed by atoms with Gasteiger partial charge in [0.2, 0.25) is 0 Å². The number of carboxylic acids is 1. The lowest BCUT2D eigenvalue weighted by Gasteiger charge is -2.32. The lowest BCUT2D eigenvalue weighted by Crippen LogP contribution is -2.53. The van der Waals surface area contributed by atoms with Crippen molar-refractivity contribution in [2.45, 2.75) is 37.6 Å². The van der Waals surface area contributed by atoms with Crippen LogP contribution in [-0.2, 0) is 11.2 Å². The number of carboxylic acid groups (broad SMARTS) is 1. The van der Waals surface area contributed by atoms with Gasteiger partial charge in [0.05, 0.1) is 0 Å². The average molecular weight is 288 g/mol. The second kappa shape index (κ2) is 5.68. The van der Waals surface area contributed by atoms with Gasteiger partial charge in [-0.1, -0.05) is 24.6 Å². The number of likely N-dealkylation sites (N-methyl/N-ethyl adjacent to an activating group) is 1. The van der Waals surface area contributed by atoms with Crippen molar-refractivity contribution in [3.63, 3.8) is 0 Å². The second-order valence-corrected chi connectivity index (χ2v) is 6.27. The van der Waals surface area contributed by atoms with Gasteiger partial charge in [0.15, 0.2) is 0 Å². The Balaban J connectivity index is 1.67. The van der Waals surface area contributed by atoms with Gasteiger partial charge in [-0.15, -0.1) is 0 Å². The summed E-state index contributed by atoms with van der Waals surface area (Å²) in [7, 11) is 1.79. The summed E-state index contributed by atoms with van der Waals surface area (Å²) in [5.41, 5.74) is 2.04. The molecule has 21 heavy (non-hydrogen) atoms. The maximum absolute atomic E-state index is 11.7. The molecule has 1 aliphatic carbocycles. The van der Waals surface area contributed by atoms with E-state index >= 15 is 0 Å². The van der Waals surface area contributed by atoms with E-state index in [2.05, 4.69) is 34.5 Å². The van der Waals surface area contributed by atoms with Gasteiger partial charge in [0, 0.05) is 18.8 Å². The molecule has 3 rings (SSSR count). The zero-order chi connectivity index (χ0) is 14.9. The van der Waals surface area contributed by atoms with Crippen LogP contribution in [0, 0.1) is 5.92 Å². The number of anilines is 1. The smallest absolute Gasteiger partial charge is 0.324 e. The first-order valence-electron chi connectivity index (χ1n) is 7.92. The third kappa shape index (κ3) is 2.42. The molecule has 2 unspecified atom stereocenters. The van der Waals surface area contributed by atoms with Crippen molar-refractivity contribution in [3.8, 4) is 0 Å². The molecule has 0 aromatic heterocycles. The minimum atomic E-state index is -0.709. The maximum Gasteiger partial charge on any atom is 0.324 e. The zero-order valence-electron chi connectivity index (χ0n) is 12.6. The van der Waals surface area contributed by atoms with E-state index in [9.17, 15) is 9.90 Å². The summed E-state index contributed by atoms with van der Waals surface area (Å²) in [6.07, 6.45) is 4.83. The number of fused-ring (bicyclic) bond motifs is 1. The number of para-hydroxylation sites is 1. The molecule has 4 heteroatoms. The Bertz CT molecular complexity index is 531. The summed E-state index contributed by atoms with van der Waals surface area (Å²) in [5, 5.41) is 12.7. The highest BCUT2D eigenvalue weighted by molar-refractivity contribution is 5.79. The minimum absolute atomic E-state index is 0.229. The third-order valence-corrected chi connectivity index (χ3v) is 5.38. The average Bonchev–Trinajstić information content (AvgIpc) is 3.09. The van der Waals surface area contributed by atoms with Crippen LogP contribution < -0.4 is 10.2 Å². The van der Waals surface area contributed by atoms with Gasteiger partial charge in [-0.25, -0.2) is 0 Å². The highest BCUT2D eigenvalue weighted by Gasteiger charge is 2.47. The number of aliphatic carboxylic acids is 1. The van der Waals surface area contributed by atoms with Gasteiger partial charge in [-0.2, -0.15) is 0 Å². The topological polar surface area (TPSA) is 52.6 Å². The van der Waals surface area contributed by atoms with E-state index in [1.807, 2.05) is 0 Å². The Labute approximate surface area is 126 Å². The summed E-state index contributed by atoms with van der Waals surface area (Å²) in [5.74, 6) is -0.456. The van der Waals surface area contributed by atoms with Crippen molar-refractivity contribution in [2.75, 3.05) is 25.0 Å². The number of benzene rings is 1. The number of nitrogens with zero attached hydrogens (tertiary/aromatic N) is 1. The summed E-state index contributed by atoms with van der Waals surface area (Å²) < 4.78 is 0. The highest BCUT2D eigenvalue weighted by atomic mass is 16.4. The monoisotopic (exact) mass is 288 g/mol. The molecule has 1 fully saturated rings. The summed E-state index contributed by atoms with van der Waals surface area (Å²) in [4.78, 5) is 14.1. The van der Waals surface area contributed by atoms with Crippen LogP contribution in [0.3, 0.4) is 0 Å². The van der Waals surface area contributed by atoms with Crippen LogP contribution >= 0.6 is 0 Å². The SMILES string of the molecule is CNC1(C(=O)O)CCCC1CCN1CCc2ccccc21. The fourth-order valence-corrected chi connectivity index (χ4v) is 4.14. The van der Waals surface area contributed by atoms with Crippen molar-refractivity contribution >= 4 is 11.7 Å². The standard InChI is InChI=1S/C17H24N2O2/c1-18-17(16(20)21)10-4-6-14(17)9-12-19-11-8-13-5-2-3-7-15(13)19/h2-3,5,7,14,18H,4,6,8-12H2,1H3,(H,20,21). The molecule has 1 aliphatic heterocycles. The molecule has 0 saturated heterocycles. The van der Waals surface area contributed by atoms with Crippen molar-refractivity contribution in [1.82, 2.24) is 5.32 Å². The first kappa shape index (κ1) is 14.4. The Morgan fingerprint density at radius 1 is 1.48 bits per heavy atom. The second-order valence-electron chi connectivity index (χ2n) is 6.27. The van der Waals surface area contributed by atoms with Crippen molar-refractivity contribution in [1.29, 1.82) is 0 Å². The van der Waals surface area contributed by atoms with Crippen LogP contribution in [0.1, 0.15) is 31.2 Å². The van der Waals surface area contributed by atoms with Gasteiger partial charge in [0.1, 0.15) is 5.54 Å². The van der Waals surface area contributed by atoms with Gasteiger partial charge in [0.25, 0.3) is 0 Å². The van der Waals surface area contributed by atoms with E-state index in [4.69, 9.17) is 0 Å². The fraction of sp³-hybridized carbons (Fsp3) is 0.588. The van der Waals surface area contributed by atoms with Gasteiger partial charge >= 0.3 is 5.97 Å². The van der Waals surface area contributed by atoms with E-state index in [1.165, 1.54) is 11.3 Å². The minimum Gasteiger partial charge on any atom is -0.480 e. The van der Waals surface area contributed by atoms with Crippen LogP contribution in [0.5, 0.6) is 0 Å². The third-order valence-electron chi connectivity index (χ3n) is 5.38. The quantitative estimate of drug-likeness (QED) is 0.873. The van der Waals surface area contributed by atoms with E-state index in [0.29, 0.717) is 0 Å². The van der Waals surface area contributed by atoms with Crippen LogP contribution in [0.4, 0.5) is 5.69 Å². The molecule has 1 aromatic rings. The Morgan fingerprint density at radius 3 is 3.05 bits per heavy atom. The number of hydrogen-bond acceptors (Lipinski definition) is 3. The molecule has 4 nitrogen and oxygen atoms in total. The molecule has 0 bridgehead atoms. The Morgan fingerprint density at radius 2 is 2.29 bits per heavy atom. The molecule has 0 spiro atoms. The van der Waals surface area contributed by atoms with Gasteiger partial charge in [-0.3, -0.25) is 4.79 Å². The molecular formula is C17H24N2O2. The number of carbonyl (C=O) groups is 1. The molecule has 1 saturated carbocycles. The number of rotatable bonds is 5. The molecule has 2 aliphatic rings. The van der Waals surface area contributed by atoms with Crippen LogP contribution in [-0.4, -0.2) is 36.8 Å². The van der Waals surface area contributed by atoms with E-state index in [1.54, 1.807) is 7.05 Å². The Kier molecular flexibility index (Phi) is 3.89. The van der Waals surface area contributed by atoms with Crippen LogP contribution in [0.2, 0.25) is 0 Å². The van der Waals surface area contributed by atoms with Gasteiger partial charge in [-0.05, 0) is 50.3 Å². The molecule has 0 amide bonds. The molecule has 1 aromatic carbocycles. The zero-order valence-corrected chi connectivity index (χ0v) is 12.6. The van der Waals surface area contributed by atoms with Crippen molar-refractivity contribution < 1.29 is 9.90 Å². The molecule has 1 heterocycles. The molecule has 0 radical (unpaired) electrons. The normalized spacial score (nSPS) is 27.9. The molecule has 114 valence electrons. The highest BCUT2D eigenvalue weighted by Crippen LogP contribution is 2.39. The first-order valence-corrected chi connectivity index (χ1v) is 7.92. The van der Waals surface area contributed by atoms with E-state index < -0.39 is 11.5 Å².